The molecule has 10 nitrogen and oxygen atoms in total. The van der Waals surface area contributed by atoms with Gasteiger partial charge in [-0.05, 0) is 36.8 Å². The Morgan fingerprint density at radius 1 is 1.09 bits per heavy atom. The van der Waals surface area contributed by atoms with Gasteiger partial charge in [-0.15, -0.1) is 5.10 Å². The molecule has 2 fully saturated rings. The molecule has 32 heavy (non-hydrogen) atoms. The highest BCUT2D eigenvalue weighted by atomic mass is 16.5. The number of aryl methyl sites for hydroxylation is 1. The third-order valence-corrected chi connectivity index (χ3v) is 7.00. The smallest absolute Gasteiger partial charge is 0.163 e. The van der Waals surface area contributed by atoms with Crippen molar-refractivity contribution in [3.8, 4) is 11.3 Å². The molecule has 0 unspecified atom stereocenters. The Labute approximate surface area is 185 Å². The molecule has 5 heterocycles. The fourth-order valence-electron chi connectivity index (χ4n) is 5.38. The quantitative estimate of drug-likeness (QED) is 0.484. The lowest BCUT2D eigenvalue weighted by Gasteiger charge is -2.36. The van der Waals surface area contributed by atoms with Crippen LogP contribution in [-0.4, -0.2) is 66.0 Å². The highest BCUT2D eigenvalue weighted by Gasteiger charge is 2.44. The third-order valence-electron chi connectivity index (χ3n) is 7.00. The van der Waals surface area contributed by atoms with Crippen molar-refractivity contribution < 1.29 is 4.74 Å². The number of ether oxygens (including phenoxy) is 1. The van der Waals surface area contributed by atoms with Gasteiger partial charge >= 0.3 is 0 Å². The summed E-state index contributed by atoms with van der Waals surface area (Å²) in [7, 11) is 3.71. The molecular formula is C22H25N9O. The van der Waals surface area contributed by atoms with E-state index in [1.54, 1.807) is 24.3 Å². The van der Waals surface area contributed by atoms with Gasteiger partial charge in [-0.1, -0.05) is 5.21 Å². The van der Waals surface area contributed by atoms with Crippen LogP contribution in [0.3, 0.4) is 0 Å². The largest absolute Gasteiger partial charge is 0.379 e. The number of fused-ring (bicyclic) bond motifs is 2. The van der Waals surface area contributed by atoms with Gasteiger partial charge in [-0.25, -0.2) is 14.6 Å². The molecule has 1 aliphatic carbocycles. The van der Waals surface area contributed by atoms with Gasteiger partial charge in [0.25, 0.3) is 0 Å². The molecule has 0 aromatic carbocycles. The van der Waals surface area contributed by atoms with E-state index in [1.807, 2.05) is 42.5 Å². The SMILES string of the molecule is CO[C@@H]1C[C@H]2CN(c3ncnc4c3cnn4C)C[C@H]2C[C@H]1n1cc(-c2cccnc2)nn1. The molecule has 1 saturated heterocycles. The average molecular weight is 432 g/mol. The van der Waals surface area contributed by atoms with Gasteiger partial charge < -0.3 is 9.64 Å². The number of pyridine rings is 1. The lowest BCUT2D eigenvalue weighted by molar-refractivity contribution is -0.00541. The Morgan fingerprint density at radius 2 is 1.97 bits per heavy atom. The molecular weight excluding hydrogens is 406 g/mol. The van der Waals surface area contributed by atoms with Crippen molar-refractivity contribution in [3.05, 3.63) is 43.2 Å². The van der Waals surface area contributed by atoms with Gasteiger partial charge in [0, 0.05) is 45.2 Å². The first kappa shape index (κ1) is 19.3. The molecule has 1 saturated carbocycles. The monoisotopic (exact) mass is 431 g/mol. The molecule has 164 valence electrons. The average Bonchev–Trinajstić information content (AvgIpc) is 3.57. The molecule has 4 aromatic heterocycles. The van der Waals surface area contributed by atoms with Crippen molar-refractivity contribution in [3.63, 3.8) is 0 Å². The van der Waals surface area contributed by atoms with E-state index in [9.17, 15) is 0 Å². The molecule has 1 aliphatic heterocycles. The van der Waals surface area contributed by atoms with Gasteiger partial charge in [0.15, 0.2) is 5.65 Å². The van der Waals surface area contributed by atoms with E-state index in [0.717, 1.165) is 54.0 Å². The molecule has 6 rings (SSSR count). The summed E-state index contributed by atoms with van der Waals surface area (Å²) in [5, 5.41) is 14.2. The first-order valence-corrected chi connectivity index (χ1v) is 10.9. The number of nitrogens with zero attached hydrogens (tertiary/aromatic N) is 9. The second kappa shape index (κ2) is 7.63. The molecule has 4 atom stereocenters. The first-order chi connectivity index (χ1) is 15.7. The van der Waals surface area contributed by atoms with Crippen molar-refractivity contribution in [1.29, 1.82) is 0 Å². The number of hydrogen-bond donors (Lipinski definition) is 0. The Morgan fingerprint density at radius 3 is 2.78 bits per heavy atom. The zero-order valence-corrected chi connectivity index (χ0v) is 18.1. The van der Waals surface area contributed by atoms with Crippen molar-refractivity contribution in [2.24, 2.45) is 18.9 Å². The number of anilines is 1. The van der Waals surface area contributed by atoms with Gasteiger partial charge in [0.1, 0.15) is 17.8 Å². The second-order valence-corrected chi connectivity index (χ2v) is 8.77. The summed E-state index contributed by atoms with van der Waals surface area (Å²) in [6.07, 6.45) is 11.2. The molecule has 0 radical (unpaired) electrons. The predicted octanol–water partition coefficient (Wildman–Crippen LogP) is 2.12. The summed E-state index contributed by atoms with van der Waals surface area (Å²) in [6, 6.07) is 4.07. The van der Waals surface area contributed by atoms with Crippen LogP contribution in [0.5, 0.6) is 0 Å². The molecule has 0 N–H and O–H groups in total. The van der Waals surface area contributed by atoms with Crippen molar-refractivity contribution in [1.82, 2.24) is 39.7 Å². The second-order valence-electron chi connectivity index (χ2n) is 8.77. The fourth-order valence-corrected chi connectivity index (χ4v) is 5.38. The van der Waals surface area contributed by atoms with Crippen molar-refractivity contribution in [2.45, 2.75) is 25.0 Å². The summed E-state index contributed by atoms with van der Waals surface area (Å²) in [4.78, 5) is 15.6. The Bertz CT molecular complexity index is 1240. The standard InChI is InChI=1S/C22H25N9O/c1-29-21-17(9-26-29)22(25-13-24-21)30-10-15-6-19(20(32-2)7-16(15)11-30)31-12-18(27-28-31)14-4-3-5-23-8-14/h3-5,8-9,12-13,15-16,19-20H,6-7,10-11H2,1-2H3/t15-,16+,19-,20-/m1/s1. The lowest BCUT2D eigenvalue weighted by atomic mass is 9.77. The van der Waals surface area contributed by atoms with Crippen LogP contribution in [0.1, 0.15) is 18.9 Å². The molecule has 0 bridgehead atoms. The molecule has 0 amide bonds. The van der Waals surface area contributed by atoms with Crippen LogP contribution in [0.15, 0.2) is 43.2 Å². The number of rotatable bonds is 4. The van der Waals surface area contributed by atoms with Crippen LogP contribution < -0.4 is 4.90 Å². The zero-order valence-electron chi connectivity index (χ0n) is 18.1. The van der Waals surface area contributed by atoms with Crippen LogP contribution in [0.25, 0.3) is 22.3 Å². The lowest BCUT2D eigenvalue weighted by Crippen LogP contribution is -2.37. The van der Waals surface area contributed by atoms with Crippen LogP contribution in [0, 0.1) is 11.8 Å². The first-order valence-electron chi connectivity index (χ1n) is 10.9. The minimum absolute atomic E-state index is 0.100. The highest BCUT2D eigenvalue weighted by molar-refractivity contribution is 5.86. The maximum atomic E-state index is 5.94. The van der Waals surface area contributed by atoms with Gasteiger partial charge in [-0.2, -0.15) is 5.10 Å². The van der Waals surface area contributed by atoms with E-state index < -0.39 is 0 Å². The normalized spacial score (nSPS) is 25.4. The molecule has 0 spiro atoms. The van der Waals surface area contributed by atoms with E-state index in [-0.39, 0.29) is 12.1 Å². The van der Waals surface area contributed by atoms with Crippen LogP contribution in [0.4, 0.5) is 5.82 Å². The Hall–Kier alpha value is -3.40. The van der Waals surface area contributed by atoms with Crippen LogP contribution >= 0.6 is 0 Å². The van der Waals surface area contributed by atoms with Crippen LogP contribution in [0.2, 0.25) is 0 Å². The van der Waals surface area contributed by atoms with Gasteiger partial charge in [0.2, 0.25) is 0 Å². The summed E-state index contributed by atoms with van der Waals surface area (Å²) in [6.45, 7) is 1.93. The topological polar surface area (TPSA) is 99.7 Å². The fraction of sp³-hybridized carbons (Fsp3) is 0.455. The van der Waals surface area contributed by atoms with E-state index in [1.165, 1.54) is 0 Å². The zero-order chi connectivity index (χ0) is 21.7. The summed E-state index contributed by atoms with van der Waals surface area (Å²) in [5.74, 6) is 2.07. The van der Waals surface area contributed by atoms with E-state index in [4.69, 9.17) is 4.74 Å². The third kappa shape index (κ3) is 3.13. The number of aromatic nitrogens is 8. The maximum Gasteiger partial charge on any atom is 0.163 e. The van der Waals surface area contributed by atoms with Gasteiger partial charge in [-0.3, -0.25) is 9.67 Å². The van der Waals surface area contributed by atoms with Gasteiger partial charge in [0.05, 0.1) is 29.9 Å². The molecule has 4 aromatic rings. The molecule has 10 heteroatoms. The number of methoxy groups -OCH3 is 1. The molecule has 2 aliphatic rings. The number of hydrogen-bond acceptors (Lipinski definition) is 8. The van der Waals surface area contributed by atoms with Crippen molar-refractivity contribution in [2.75, 3.05) is 25.1 Å². The van der Waals surface area contributed by atoms with E-state index in [0.29, 0.717) is 11.8 Å². The van der Waals surface area contributed by atoms with Crippen molar-refractivity contribution >= 4 is 16.9 Å². The predicted molar refractivity (Wildman–Crippen MR) is 118 cm³/mol. The van der Waals surface area contributed by atoms with Crippen LogP contribution in [-0.2, 0) is 11.8 Å². The van der Waals surface area contributed by atoms with E-state index >= 15 is 0 Å². The Kier molecular flexibility index (Phi) is 4.60. The summed E-state index contributed by atoms with van der Waals surface area (Å²) in [5.41, 5.74) is 2.67. The minimum Gasteiger partial charge on any atom is -0.379 e. The van der Waals surface area contributed by atoms with E-state index in [2.05, 4.69) is 35.3 Å². The summed E-state index contributed by atoms with van der Waals surface area (Å²) < 4.78 is 9.72. The minimum atomic E-state index is 0.100. The highest BCUT2D eigenvalue weighted by Crippen LogP contribution is 2.43. The maximum absolute atomic E-state index is 5.94. The summed E-state index contributed by atoms with van der Waals surface area (Å²) >= 11 is 0. The Balaban J connectivity index is 1.25.